The highest BCUT2D eigenvalue weighted by Gasteiger charge is 2.27. The van der Waals surface area contributed by atoms with Gasteiger partial charge in [0.15, 0.2) is 5.82 Å². The lowest BCUT2D eigenvalue weighted by Crippen LogP contribution is -2.40. The van der Waals surface area contributed by atoms with Crippen molar-refractivity contribution in [3.8, 4) is 22.7 Å². The summed E-state index contributed by atoms with van der Waals surface area (Å²) in [6.45, 7) is 1.40. The van der Waals surface area contributed by atoms with Gasteiger partial charge in [-0.1, -0.05) is 35.5 Å². The molecule has 0 saturated carbocycles. The van der Waals surface area contributed by atoms with Crippen LogP contribution in [-0.4, -0.2) is 49.2 Å². The van der Waals surface area contributed by atoms with Crippen molar-refractivity contribution in [2.75, 3.05) is 13.1 Å². The molecule has 4 aromatic rings. The molecule has 156 valence electrons. The van der Waals surface area contributed by atoms with Crippen molar-refractivity contribution in [1.29, 1.82) is 0 Å². The summed E-state index contributed by atoms with van der Waals surface area (Å²) in [6.07, 6.45) is 6.05. The van der Waals surface area contributed by atoms with Gasteiger partial charge >= 0.3 is 0 Å². The predicted octanol–water partition coefficient (Wildman–Crippen LogP) is 3.62. The van der Waals surface area contributed by atoms with E-state index in [9.17, 15) is 4.79 Å². The zero-order chi connectivity index (χ0) is 21.0. The van der Waals surface area contributed by atoms with Crippen molar-refractivity contribution in [3.05, 3.63) is 72.4 Å². The Labute approximate surface area is 179 Å². The van der Waals surface area contributed by atoms with Crippen LogP contribution in [0, 0.1) is 5.92 Å². The summed E-state index contributed by atoms with van der Waals surface area (Å²) in [5.41, 5.74) is 3.07. The van der Waals surface area contributed by atoms with E-state index in [-0.39, 0.29) is 11.8 Å². The van der Waals surface area contributed by atoms with Crippen molar-refractivity contribution >= 4 is 5.91 Å². The van der Waals surface area contributed by atoms with Gasteiger partial charge in [0, 0.05) is 37.5 Å². The third kappa shape index (κ3) is 4.23. The molecule has 0 spiro atoms. The fraction of sp³-hybridized carbons (Fsp3) is 0.261. The van der Waals surface area contributed by atoms with Gasteiger partial charge in [-0.25, -0.2) is 0 Å². The van der Waals surface area contributed by atoms with E-state index in [0.717, 1.165) is 36.2 Å². The van der Waals surface area contributed by atoms with Gasteiger partial charge in [-0.3, -0.25) is 14.9 Å². The van der Waals surface area contributed by atoms with Crippen molar-refractivity contribution in [3.63, 3.8) is 0 Å². The van der Waals surface area contributed by atoms with E-state index in [1.54, 1.807) is 12.4 Å². The Bertz CT molecular complexity index is 1160. The predicted molar refractivity (Wildman–Crippen MR) is 114 cm³/mol. The summed E-state index contributed by atoms with van der Waals surface area (Å²) in [5, 5.41) is 11.3. The number of nitrogens with one attached hydrogen (secondary N) is 1. The molecule has 0 aliphatic carbocycles. The largest absolute Gasteiger partial charge is 0.337 e. The first-order valence-corrected chi connectivity index (χ1v) is 10.4. The Hall–Kier alpha value is -3.81. The molecule has 4 heterocycles. The van der Waals surface area contributed by atoms with Crippen LogP contribution in [0.5, 0.6) is 0 Å². The number of hydrogen-bond acceptors (Lipinski definition) is 6. The maximum absolute atomic E-state index is 13.0. The molecule has 1 atom stereocenters. The molecule has 1 N–H and O–H groups in total. The van der Waals surface area contributed by atoms with Crippen molar-refractivity contribution < 1.29 is 9.32 Å². The first kappa shape index (κ1) is 19.2. The van der Waals surface area contributed by atoms with Crippen LogP contribution in [0.4, 0.5) is 0 Å². The molecule has 3 aromatic heterocycles. The molecular weight excluding hydrogens is 392 g/mol. The van der Waals surface area contributed by atoms with Crippen molar-refractivity contribution in [2.45, 2.75) is 19.3 Å². The van der Waals surface area contributed by atoms with Gasteiger partial charge in [0.05, 0.1) is 11.3 Å². The number of H-pyrrole nitrogens is 1. The summed E-state index contributed by atoms with van der Waals surface area (Å²) >= 11 is 0. The van der Waals surface area contributed by atoms with E-state index < -0.39 is 0 Å². The van der Waals surface area contributed by atoms with Crippen LogP contribution < -0.4 is 0 Å². The van der Waals surface area contributed by atoms with Crippen LogP contribution in [0.1, 0.15) is 29.2 Å². The number of aromatic nitrogens is 5. The number of rotatable bonds is 5. The van der Waals surface area contributed by atoms with Crippen LogP contribution >= 0.6 is 0 Å². The minimum absolute atomic E-state index is 0.0245. The lowest BCUT2D eigenvalue weighted by atomic mass is 9.94. The number of aromatic amines is 1. The van der Waals surface area contributed by atoms with Gasteiger partial charge in [0.25, 0.3) is 11.8 Å². The first-order valence-electron chi connectivity index (χ1n) is 10.4. The van der Waals surface area contributed by atoms with E-state index in [2.05, 4.69) is 25.3 Å². The number of carbonyl (C=O) groups is 1. The van der Waals surface area contributed by atoms with Crippen LogP contribution in [-0.2, 0) is 6.42 Å². The Balaban J connectivity index is 1.24. The number of hydrogen-bond donors (Lipinski definition) is 1. The Morgan fingerprint density at radius 3 is 2.87 bits per heavy atom. The maximum atomic E-state index is 13.0. The minimum atomic E-state index is -0.0245. The lowest BCUT2D eigenvalue weighted by Gasteiger charge is -2.31. The highest BCUT2D eigenvalue weighted by atomic mass is 16.5. The minimum Gasteiger partial charge on any atom is -0.337 e. The molecule has 1 unspecified atom stereocenters. The van der Waals surface area contributed by atoms with Gasteiger partial charge < -0.3 is 9.42 Å². The molecule has 1 aliphatic heterocycles. The summed E-state index contributed by atoms with van der Waals surface area (Å²) in [7, 11) is 0. The van der Waals surface area contributed by atoms with Crippen LogP contribution in [0.25, 0.3) is 22.7 Å². The monoisotopic (exact) mass is 414 g/mol. The third-order valence-electron chi connectivity index (χ3n) is 5.53. The van der Waals surface area contributed by atoms with E-state index >= 15 is 0 Å². The molecule has 1 aliphatic rings. The topological polar surface area (TPSA) is 101 Å². The van der Waals surface area contributed by atoms with Gasteiger partial charge in [0.2, 0.25) is 0 Å². The number of pyridine rings is 1. The number of piperidine rings is 1. The van der Waals surface area contributed by atoms with E-state index in [4.69, 9.17) is 4.52 Å². The van der Waals surface area contributed by atoms with E-state index in [1.807, 2.05) is 53.4 Å². The molecule has 8 nitrogen and oxygen atoms in total. The number of benzene rings is 1. The molecule has 0 bridgehead atoms. The molecule has 1 aromatic carbocycles. The summed E-state index contributed by atoms with van der Waals surface area (Å²) in [6, 6.07) is 15.4. The van der Waals surface area contributed by atoms with Gasteiger partial charge in [-0.05, 0) is 37.0 Å². The average molecular weight is 414 g/mol. The molecule has 31 heavy (non-hydrogen) atoms. The first-order chi connectivity index (χ1) is 15.3. The smallest absolute Gasteiger partial charge is 0.271 e. The highest BCUT2D eigenvalue weighted by Crippen LogP contribution is 2.24. The summed E-state index contributed by atoms with van der Waals surface area (Å²) in [5.74, 6) is 1.39. The number of amides is 1. The number of carbonyl (C=O) groups excluding carboxylic acids is 1. The van der Waals surface area contributed by atoms with E-state index in [0.29, 0.717) is 30.4 Å². The summed E-state index contributed by atoms with van der Waals surface area (Å²) in [4.78, 5) is 23.5. The summed E-state index contributed by atoms with van der Waals surface area (Å²) < 4.78 is 5.39. The number of nitrogens with zero attached hydrogens (tertiary/aromatic N) is 5. The van der Waals surface area contributed by atoms with Gasteiger partial charge in [0.1, 0.15) is 5.69 Å². The Kier molecular flexibility index (Phi) is 5.26. The average Bonchev–Trinajstić information content (AvgIpc) is 3.50. The zero-order valence-electron chi connectivity index (χ0n) is 16.9. The second-order valence-electron chi connectivity index (χ2n) is 7.75. The van der Waals surface area contributed by atoms with E-state index in [1.165, 1.54) is 0 Å². The third-order valence-corrected chi connectivity index (χ3v) is 5.53. The SMILES string of the molecule is O=C(c1cc(-c2ccccc2)n[nH]1)N1CCCC(Cc2noc(-c3cccnc3)n2)C1. The quantitative estimate of drug-likeness (QED) is 0.535. The molecule has 1 amide bonds. The second-order valence-corrected chi connectivity index (χ2v) is 7.75. The fourth-order valence-electron chi connectivity index (χ4n) is 3.98. The lowest BCUT2D eigenvalue weighted by molar-refractivity contribution is 0.0666. The molecule has 0 radical (unpaired) electrons. The van der Waals surface area contributed by atoms with Gasteiger partial charge in [-0.2, -0.15) is 10.1 Å². The fourth-order valence-corrected chi connectivity index (χ4v) is 3.98. The van der Waals surface area contributed by atoms with Crippen molar-refractivity contribution in [1.82, 2.24) is 30.2 Å². The maximum Gasteiger partial charge on any atom is 0.271 e. The van der Waals surface area contributed by atoms with Crippen molar-refractivity contribution in [2.24, 2.45) is 5.92 Å². The van der Waals surface area contributed by atoms with Crippen LogP contribution in [0.15, 0.2) is 65.4 Å². The molecule has 1 fully saturated rings. The molecule has 5 rings (SSSR count). The van der Waals surface area contributed by atoms with Crippen LogP contribution in [0.3, 0.4) is 0 Å². The zero-order valence-corrected chi connectivity index (χ0v) is 16.9. The standard InChI is InChI=1S/C23H22N6O2/c30-23(20-13-19(26-27-20)17-7-2-1-3-8-17)29-11-5-6-16(15-29)12-21-25-22(31-28-21)18-9-4-10-24-14-18/h1-4,7-10,13-14,16H,5-6,11-12,15H2,(H,26,27). The molecule has 8 heteroatoms. The van der Waals surface area contributed by atoms with Crippen LogP contribution in [0.2, 0.25) is 0 Å². The Morgan fingerprint density at radius 2 is 2.03 bits per heavy atom. The second kappa shape index (κ2) is 8.51. The number of likely N-dealkylation sites (tertiary alicyclic amines) is 1. The normalized spacial score (nSPS) is 16.4. The van der Waals surface area contributed by atoms with Gasteiger partial charge in [-0.15, -0.1) is 0 Å². The highest BCUT2D eigenvalue weighted by molar-refractivity contribution is 5.93. The molecule has 1 saturated heterocycles. The Morgan fingerprint density at radius 1 is 1.16 bits per heavy atom. The molecular formula is C23H22N6O2.